The van der Waals surface area contributed by atoms with Gasteiger partial charge in [-0.25, -0.2) is 4.39 Å². The second kappa shape index (κ2) is 9.19. The van der Waals surface area contributed by atoms with E-state index in [0.717, 1.165) is 45.4 Å². The molecule has 0 aromatic rings. The van der Waals surface area contributed by atoms with Crippen LogP contribution in [0.25, 0.3) is 0 Å². The molecule has 4 fully saturated rings. The monoisotopic (exact) mass is 408 g/mol. The number of hydrogen-bond donors (Lipinski definition) is 2. The van der Waals surface area contributed by atoms with Crippen molar-refractivity contribution >= 4 is 5.91 Å². The lowest BCUT2D eigenvalue weighted by molar-refractivity contribution is -0.124. The van der Waals surface area contributed by atoms with Crippen LogP contribution < -0.4 is 10.6 Å². The summed E-state index contributed by atoms with van der Waals surface area (Å²) in [7, 11) is 0. The first-order valence-corrected chi connectivity index (χ1v) is 12.1. The van der Waals surface area contributed by atoms with E-state index < -0.39 is 6.17 Å². The fraction of sp³-hybridized carbons (Fsp3) is 0.957. The number of fused-ring (bicyclic) bond motifs is 1. The molecule has 0 aromatic heterocycles. The first kappa shape index (κ1) is 21.5. The van der Waals surface area contributed by atoms with E-state index in [-0.39, 0.29) is 30.0 Å². The summed E-state index contributed by atoms with van der Waals surface area (Å²) in [4.78, 5) is 18.2. The van der Waals surface area contributed by atoms with Crippen LogP contribution in [0.4, 0.5) is 4.39 Å². The maximum absolute atomic E-state index is 14.4. The predicted octanol–water partition coefficient (Wildman–Crippen LogP) is 2.55. The molecule has 5 nitrogen and oxygen atoms in total. The summed E-state index contributed by atoms with van der Waals surface area (Å²) in [6, 6.07) is 1.46. The van der Waals surface area contributed by atoms with Gasteiger partial charge in [0, 0.05) is 56.3 Å². The fourth-order valence-electron chi connectivity index (χ4n) is 6.35. The fourth-order valence-corrected chi connectivity index (χ4v) is 6.35. The molecule has 7 unspecified atom stereocenters. The zero-order valence-corrected chi connectivity index (χ0v) is 18.6. The van der Waals surface area contributed by atoms with Crippen LogP contribution in [0.15, 0.2) is 0 Å². The molecule has 2 aliphatic carbocycles. The minimum Gasteiger partial charge on any atom is -0.352 e. The maximum atomic E-state index is 14.4. The Hall–Kier alpha value is -0.720. The van der Waals surface area contributed by atoms with Crippen LogP contribution in [0.2, 0.25) is 0 Å². The van der Waals surface area contributed by atoms with Gasteiger partial charge < -0.3 is 10.6 Å². The van der Waals surface area contributed by atoms with E-state index in [0.29, 0.717) is 30.8 Å². The molecule has 0 radical (unpaired) electrons. The number of carbonyl (C=O) groups excluding carboxylic acids is 1. The highest BCUT2D eigenvalue weighted by Gasteiger charge is 2.46. The molecule has 2 heterocycles. The van der Waals surface area contributed by atoms with Gasteiger partial charge in [0.2, 0.25) is 5.91 Å². The molecule has 7 atom stereocenters. The molecule has 166 valence electrons. The number of piperazine rings is 1. The number of alkyl halides is 1. The third-order valence-corrected chi connectivity index (χ3v) is 8.24. The summed E-state index contributed by atoms with van der Waals surface area (Å²) in [6.07, 6.45) is 6.09. The number of hydrogen-bond acceptors (Lipinski definition) is 4. The van der Waals surface area contributed by atoms with Crippen LogP contribution in [-0.2, 0) is 4.79 Å². The highest BCUT2D eigenvalue weighted by atomic mass is 19.1. The molecule has 29 heavy (non-hydrogen) atoms. The Morgan fingerprint density at radius 1 is 1.07 bits per heavy atom. The van der Waals surface area contributed by atoms with Gasteiger partial charge in [-0.15, -0.1) is 0 Å². The van der Waals surface area contributed by atoms with Crippen LogP contribution in [-0.4, -0.2) is 78.3 Å². The molecule has 2 saturated carbocycles. The van der Waals surface area contributed by atoms with Gasteiger partial charge in [-0.2, -0.15) is 0 Å². The van der Waals surface area contributed by atoms with Crippen molar-refractivity contribution < 1.29 is 9.18 Å². The Balaban J connectivity index is 1.27. The standard InChI is InChI=1S/C23H41FN4O/c1-15(2)27-9-11-28(12-10-27)18-6-4-5-17(13-18)25-23(29)21-14-19-20(24)8-7-16(3)22(19)26-21/h15-22,26H,4-14H2,1-3H3,(H,25,29). The molecule has 0 aromatic carbocycles. The average Bonchev–Trinajstić information content (AvgIpc) is 3.18. The summed E-state index contributed by atoms with van der Waals surface area (Å²) in [6.45, 7) is 11.4. The third-order valence-electron chi connectivity index (χ3n) is 8.24. The van der Waals surface area contributed by atoms with E-state index in [2.05, 4.69) is 41.2 Å². The lowest BCUT2D eigenvalue weighted by Gasteiger charge is -2.43. The smallest absolute Gasteiger partial charge is 0.237 e. The Morgan fingerprint density at radius 3 is 2.52 bits per heavy atom. The number of nitrogens with one attached hydrogen (secondary N) is 2. The largest absolute Gasteiger partial charge is 0.352 e. The van der Waals surface area contributed by atoms with E-state index in [9.17, 15) is 9.18 Å². The first-order chi connectivity index (χ1) is 13.9. The molecule has 2 aliphatic heterocycles. The van der Waals surface area contributed by atoms with Crippen molar-refractivity contribution in [1.82, 2.24) is 20.4 Å². The predicted molar refractivity (Wildman–Crippen MR) is 115 cm³/mol. The van der Waals surface area contributed by atoms with Crippen molar-refractivity contribution in [3.8, 4) is 0 Å². The molecule has 0 bridgehead atoms. The molecular weight excluding hydrogens is 367 g/mol. The Kier molecular flexibility index (Phi) is 6.82. The van der Waals surface area contributed by atoms with Crippen LogP contribution >= 0.6 is 0 Å². The molecule has 0 spiro atoms. The van der Waals surface area contributed by atoms with Gasteiger partial charge >= 0.3 is 0 Å². The summed E-state index contributed by atoms with van der Waals surface area (Å²) < 4.78 is 14.4. The summed E-state index contributed by atoms with van der Waals surface area (Å²) in [5, 5.41) is 6.82. The van der Waals surface area contributed by atoms with E-state index in [1.807, 2.05) is 0 Å². The number of halogens is 1. The minimum absolute atomic E-state index is 0.0193. The third kappa shape index (κ3) is 4.80. The molecular formula is C23H41FN4O. The molecule has 4 aliphatic rings. The van der Waals surface area contributed by atoms with Crippen LogP contribution in [0.1, 0.15) is 65.7 Å². The van der Waals surface area contributed by atoms with Crippen molar-refractivity contribution in [2.75, 3.05) is 26.2 Å². The topological polar surface area (TPSA) is 47.6 Å². The average molecular weight is 409 g/mol. The number of amides is 1. The lowest BCUT2D eigenvalue weighted by Crippen LogP contribution is -2.55. The molecule has 4 rings (SSSR count). The van der Waals surface area contributed by atoms with Gasteiger partial charge in [0.05, 0.1) is 6.04 Å². The molecule has 2 saturated heterocycles. The Labute approximate surface area is 176 Å². The summed E-state index contributed by atoms with van der Waals surface area (Å²) >= 11 is 0. The SMILES string of the molecule is CC1CCC(F)C2CC(C(=O)NC3CCCC(N4CCN(C(C)C)CC4)C3)NC12. The van der Waals surface area contributed by atoms with E-state index in [1.54, 1.807) is 0 Å². The van der Waals surface area contributed by atoms with Crippen molar-refractivity contribution in [3.63, 3.8) is 0 Å². The van der Waals surface area contributed by atoms with Gasteiger partial charge in [0.15, 0.2) is 0 Å². The van der Waals surface area contributed by atoms with E-state index >= 15 is 0 Å². The van der Waals surface area contributed by atoms with Gasteiger partial charge in [-0.1, -0.05) is 6.92 Å². The second-order valence-electron chi connectivity index (χ2n) is 10.4. The lowest BCUT2D eigenvalue weighted by atomic mass is 9.77. The Bertz CT molecular complexity index is 547. The van der Waals surface area contributed by atoms with Gasteiger partial charge in [-0.3, -0.25) is 14.6 Å². The first-order valence-electron chi connectivity index (χ1n) is 12.1. The maximum Gasteiger partial charge on any atom is 0.237 e. The van der Waals surface area contributed by atoms with Gasteiger partial charge in [0.1, 0.15) is 6.17 Å². The van der Waals surface area contributed by atoms with E-state index in [4.69, 9.17) is 0 Å². The molecule has 1 amide bonds. The van der Waals surface area contributed by atoms with Crippen molar-refractivity contribution in [1.29, 1.82) is 0 Å². The zero-order valence-electron chi connectivity index (χ0n) is 18.6. The zero-order chi connectivity index (χ0) is 20.5. The molecule has 2 N–H and O–H groups in total. The quantitative estimate of drug-likeness (QED) is 0.751. The highest BCUT2D eigenvalue weighted by molar-refractivity contribution is 5.82. The normalized spacial score (nSPS) is 42.0. The van der Waals surface area contributed by atoms with Crippen LogP contribution in [0, 0.1) is 11.8 Å². The molecule has 6 heteroatoms. The van der Waals surface area contributed by atoms with Crippen molar-refractivity contribution in [2.24, 2.45) is 11.8 Å². The van der Waals surface area contributed by atoms with Crippen LogP contribution in [0.5, 0.6) is 0 Å². The van der Waals surface area contributed by atoms with E-state index in [1.165, 1.54) is 12.8 Å². The number of carbonyl (C=O) groups is 1. The van der Waals surface area contributed by atoms with Crippen molar-refractivity contribution in [3.05, 3.63) is 0 Å². The van der Waals surface area contributed by atoms with Gasteiger partial charge in [-0.05, 0) is 64.7 Å². The van der Waals surface area contributed by atoms with Crippen molar-refractivity contribution in [2.45, 2.75) is 102 Å². The van der Waals surface area contributed by atoms with Gasteiger partial charge in [0.25, 0.3) is 0 Å². The second-order valence-corrected chi connectivity index (χ2v) is 10.4. The Morgan fingerprint density at radius 2 is 1.83 bits per heavy atom. The minimum atomic E-state index is -0.745. The highest BCUT2D eigenvalue weighted by Crippen LogP contribution is 2.38. The number of rotatable bonds is 4. The number of nitrogens with zero attached hydrogens (tertiary/aromatic N) is 2. The summed E-state index contributed by atoms with van der Waals surface area (Å²) in [5.74, 6) is 0.591. The summed E-state index contributed by atoms with van der Waals surface area (Å²) in [5.41, 5.74) is 0. The van der Waals surface area contributed by atoms with Crippen LogP contribution in [0.3, 0.4) is 0 Å².